The largest absolute Gasteiger partial charge is 0.330 e. The predicted octanol–water partition coefficient (Wildman–Crippen LogP) is 3.37. The van der Waals surface area contributed by atoms with Gasteiger partial charge in [0.15, 0.2) is 0 Å². The highest BCUT2D eigenvalue weighted by atomic mass is 14.5. The van der Waals surface area contributed by atoms with Gasteiger partial charge >= 0.3 is 0 Å². The second-order valence-corrected chi connectivity index (χ2v) is 4.37. The van der Waals surface area contributed by atoms with E-state index in [1.807, 2.05) is 0 Å². The van der Waals surface area contributed by atoms with Gasteiger partial charge in [0.25, 0.3) is 0 Å². The monoisotopic (exact) mass is 205 g/mol. The van der Waals surface area contributed by atoms with Gasteiger partial charge in [0.05, 0.1) is 0 Å². The first-order chi connectivity index (χ1) is 7.24. The second-order valence-electron chi connectivity index (χ2n) is 4.37. The first-order valence-corrected chi connectivity index (χ1v) is 6.00. The van der Waals surface area contributed by atoms with E-state index in [2.05, 4.69) is 32.0 Å². The van der Waals surface area contributed by atoms with Gasteiger partial charge in [-0.1, -0.05) is 31.0 Å². The number of benzene rings is 1. The molecule has 0 aromatic heterocycles. The molecule has 0 aliphatic heterocycles. The van der Waals surface area contributed by atoms with Gasteiger partial charge in [-0.2, -0.15) is 0 Å². The molecule has 1 heteroatoms. The van der Waals surface area contributed by atoms with Crippen LogP contribution < -0.4 is 5.73 Å². The Balaban J connectivity index is 2.28. The van der Waals surface area contributed by atoms with Crippen molar-refractivity contribution >= 4 is 0 Å². The molecule has 84 valence electrons. The average molecular weight is 205 g/mol. The summed E-state index contributed by atoms with van der Waals surface area (Å²) >= 11 is 0. The lowest BCUT2D eigenvalue weighted by Gasteiger charge is -2.05. The Morgan fingerprint density at radius 1 is 0.933 bits per heavy atom. The van der Waals surface area contributed by atoms with E-state index in [9.17, 15) is 0 Å². The van der Waals surface area contributed by atoms with Crippen LogP contribution in [0.3, 0.4) is 0 Å². The number of aryl methyl sites for hydroxylation is 3. The zero-order valence-electron chi connectivity index (χ0n) is 10.1. The number of unbranched alkanes of at least 4 members (excludes halogenated alkanes) is 3. The third-order valence-electron chi connectivity index (χ3n) is 2.99. The van der Waals surface area contributed by atoms with Crippen LogP contribution in [-0.4, -0.2) is 6.54 Å². The molecule has 0 bridgehead atoms. The van der Waals surface area contributed by atoms with E-state index >= 15 is 0 Å². The fourth-order valence-electron chi connectivity index (χ4n) is 1.79. The summed E-state index contributed by atoms with van der Waals surface area (Å²) in [6.45, 7) is 5.19. The van der Waals surface area contributed by atoms with Crippen molar-refractivity contribution < 1.29 is 0 Å². The van der Waals surface area contributed by atoms with Crippen molar-refractivity contribution in [1.29, 1.82) is 0 Å². The van der Waals surface area contributed by atoms with E-state index in [-0.39, 0.29) is 0 Å². The number of nitrogens with two attached hydrogens (primary N) is 1. The molecule has 0 atom stereocenters. The molecule has 1 aromatic carbocycles. The summed E-state index contributed by atoms with van der Waals surface area (Å²) in [4.78, 5) is 0. The van der Waals surface area contributed by atoms with Gasteiger partial charge < -0.3 is 5.73 Å². The van der Waals surface area contributed by atoms with Crippen LogP contribution in [0, 0.1) is 13.8 Å². The van der Waals surface area contributed by atoms with Gasteiger partial charge in [0.2, 0.25) is 0 Å². The normalized spacial score (nSPS) is 10.6. The summed E-state index contributed by atoms with van der Waals surface area (Å²) in [7, 11) is 0. The maximum atomic E-state index is 5.46. The lowest BCUT2D eigenvalue weighted by atomic mass is 10.0. The fraction of sp³-hybridized carbons (Fsp3) is 0.571. The summed E-state index contributed by atoms with van der Waals surface area (Å²) in [5, 5.41) is 0. The molecular weight excluding hydrogens is 182 g/mol. The SMILES string of the molecule is Cc1ccc(CCCCCCN)cc1C. The summed E-state index contributed by atoms with van der Waals surface area (Å²) in [6, 6.07) is 6.80. The van der Waals surface area contributed by atoms with Crippen LogP contribution in [0.4, 0.5) is 0 Å². The van der Waals surface area contributed by atoms with Crippen molar-refractivity contribution in [2.75, 3.05) is 6.54 Å². The van der Waals surface area contributed by atoms with Crippen LogP contribution >= 0.6 is 0 Å². The Morgan fingerprint density at radius 2 is 1.67 bits per heavy atom. The maximum absolute atomic E-state index is 5.46. The Kier molecular flexibility index (Phi) is 5.41. The molecule has 1 aromatic rings. The number of hydrogen-bond donors (Lipinski definition) is 1. The highest BCUT2D eigenvalue weighted by Crippen LogP contribution is 2.12. The van der Waals surface area contributed by atoms with Gasteiger partial charge in [0, 0.05) is 0 Å². The third kappa shape index (κ3) is 4.48. The lowest BCUT2D eigenvalue weighted by Crippen LogP contribution is -1.97. The van der Waals surface area contributed by atoms with Gasteiger partial charge in [-0.25, -0.2) is 0 Å². The van der Waals surface area contributed by atoms with Gasteiger partial charge in [-0.3, -0.25) is 0 Å². The quantitative estimate of drug-likeness (QED) is 0.708. The highest BCUT2D eigenvalue weighted by molar-refractivity contribution is 5.29. The molecule has 0 heterocycles. The molecule has 2 N–H and O–H groups in total. The van der Waals surface area contributed by atoms with Gasteiger partial charge in [-0.05, 0) is 56.3 Å². The number of hydrogen-bond acceptors (Lipinski definition) is 1. The average Bonchev–Trinajstić information content (AvgIpc) is 2.23. The molecule has 0 amide bonds. The molecule has 0 aliphatic carbocycles. The van der Waals surface area contributed by atoms with Crippen LogP contribution in [0.15, 0.2) is 18.2 Å². The first kappa shape index (κ1) is 12.3. The first-order valence-electron chi connectivity index (χ1n) is 6.00. The minimum Gasteiger partial charge on any atom is -0.330 e. The van der Waals surface area contributed by atoms with Crippen molar-refractivity contribution in [1.82, 2.24) is 0 Å². The standard InChI is InChI=1S/C14H23N/c1-12-8-9-14(11-13(12)2)7-5-3-4-6-10-15/h8-9,11H,3-7,10,15H2,1-2H3. The molecule has 0 radical (unpaired) electrons. The Bertz CT molecular complexity index is 291. The Hall–Kier alpha value is -0.820. The van der Waals surface area contributed by atoms with E-state index < -0.39 is 0 Å². The van der Waals surface area contributed by atoms with E-state index in [1.165, 1.54) is 48.8 Å². The molecule has 0 saturated carbocycles. The van der Waals surface area contributed by atoms with Crippen LogP contribution in [-0.2, 0) is 6.42 Å². The maximum Gasteiger partial charge on any atom is -0.00773 e. The second kappa shape index (κ2) is 6.62. The molecule has 0 fully saturated rings. The summed E-state index contributed by atoms with van der Waals surface area (Å²) in [5.74, 6) is 0. The molecule has 0 unspecified atom stereocenters. The van der Waals surface area contributed by atoms with Gasteiger partial charge in [-0.15, -0.1) is 0 Å². The van der Waals surface area contributed by atoms with Crippen molar-refractivity contribution in [2.24, 2.45) is 5.73 Å². The number of rotatable bonds is 6. The summed E-state index contributed by atoms with van der Waals surface area (Å²) in [6.07, 6.45) is 6.27. The van der Waals surface area contributed by atoms with Crippen LogP contribution in [0.5, 0.6) is 0 Å². The minimum atomic E-state index is 0.837. The fourth-order valence-corrected chi connectivity index (χ4v) is 1.79. The molecule has 0 spiro atoms. The molecule has 0 saturated heterocycles. The van der Waals surface area contributed by atoms with Crippen LogP contribution in [0.25, 0.3) is 0 Å². The van der Waals surface area contributed by atoms with Crippen LogP contribution in [0.1, 0.15) is 42.4 Å². The lowest BCUT2D eigenvalue weighted by molar-refractivity contribution is 0.646. The van der Waals surface area contributed by atoms with E-state index in [4.69, 9.17) is 5.73 Å². The molecule has 1 rings (SSSR count). The topological polar surface area (TPSA) is 26.0 Å². The third-order valence-corrected chi connectivity index (χ3v) is 2.99. The zero-order chi connectivity index (χ0) is 11.1. The van der Waals surface area contributed by atoms with Crippen molar-refractivity contribution in [3.63, 3.8) is 0 Å². The molecule has 0 aliphatic rings. The van der Waals surface area contributed by atoms with Crippen LogP contribution in [0.2, 0.25) is 0 Å². The minimum absolute atomic E-state index is 0.837. The van der Waals surface area contributed by atoms with E-state index in [0.29, 0.717) is 0 Å². The van der Waals surface area contributed by atoms with Gasteiger partial charge in [0.1, 0.15) is 0 Å². The smallest absolute Gasteiger partial charge is 0.00773 e. The Labute approximate surface area is 93.7 Å². The van der Waals surface area contributed by atoms with E-state index in [1.54, 1.807) is 0 Å². The Morgan fingerprint density at radius 3 is 2.33 bits per heavy atom. The predicted molar refractivity (Wildman–Crippen MR) is 67.1 cm³/mol. The summed E-state index contributed by atoms with van der Waals surface area (Å²) in [5.41, 5.74) is 9.74. The molecular formula is C14H23N. The van der Waals surface area contributed by atoms with Crippen molar-refractivity contribution in [2.45, 2.75) is 46.0 Å². The molecule has 15 heavy (non-hydrogen) atoms. The van der Waals surface area contributed by atoms with Crippen molar-refractivity contribution in [3.8, 4) is 0 Å². The van der Waals surface area contributed by atoms with Crippen molar-refractivity contribution in [3.05, 3.63) is 34.9 Å². The summed E-state index contributed by atoms with van der Waals surface area (Å²) < 4.78 is 0. The zero-order valence-corrected chi connectivity index (χ0v) is 10.1. The highest BCUT2D eigenvalue weighted by Gasteiger charge is 1.96. The molecule has 1 nitrogen and oxygen atoms in total. The van der Waals surface area contributed by atoms with E-state index in [0.717, 1.165) is 6.54 Å².